The Hall–Kier alpha value is -1.57. The molecule has 1 atom stereocenters. The lowest BCUT2D eigenvalue weighted by Gasteiger charge is -2.13. The molecule has 1 amide bonds. The molecule has 0 spiro atoms. The van der Waals surface area contributed by atoms with Gasteiger partial charge in [-0.15, -0.1) is 5.92 Å². The van der Waals surface area contributed by atoms with Gasteiger partial charge in [-0.25, -0.2) is 0 Å². The minimum atomic E-state index is -0.104. The number of allylic oxidation sites excluding steroid dienone is 2. The van der Waals surface area contributed by atoms with E-state index in [1.165, 1.54) is 18.4 Å². The first-order valence-electron chi connectivity index (χ1n) is 8.14. The summed E-state index contributed by atoms with van der Waals surface area (Å²) in [5.41, 5.74) is 1.21. The van der Waals surface area contributed by atoms with Gasteiger partial charge in [0.15, 0.2) is 0 Å². The van der Waals surface area contributed by atoms with E-state index in [4.69, 9.17) is 9.47 Å². The number of hydrogen-bond acceptors (Lipinski definition) is 3. The predicted octanol–water partition coefficient (Wildman–Crippen LogP) is 2.36. The molecular weight excluding hydrogens is 278 g/mol. The van der Waals surface area contributed by atoms with E-state index in [9.17, 15) is 4.79 Å². The number of ether oxygens (including phenoxy) is 2. The van der Waals surface area contributed by atoms with E-state index in [2.05, 4.69) is 35.4 Å². The Kier molecular flexibility index (Phi) is 7.79. The second-order valence-corrected chi connectivity index (χ2v) is 5.54. The number of carbonyl (C=O) groups is 1. The van der Waals surface area contributed by atoms with E-state index in [0.717, 1.165) is 25.7 Å². The second-order valence-electron chi connectivity index (χ2n) is 5.54. The van der Waals surface area contributed by atoms with Crippen molar-refractivity contribution < 1.29 is 14.3 Å². The monoisotopic (exact) mass is 303 g/mol. The highest BCUT2D eigenvalue weighted by atomic mass is 16.5. The standard InChI is InChI=1S/C18H25NO3/c20-18(15-22-17-10-4-2-1-3-5-11-17)19-12-13-21-14-16-8-6-7-9-16/h6,8-9,17H,1-4,7,10,12-15H2,(H,19,20). The summed E-state index contributed by atoms with van der Waals surface area (Å²) in [5, 5.41) is 2.80. The number of rotatable bonds is 8. The molecule has 0 saturated carbocycles. The third kappa shape index (κ3) is 6.93. The van der Waals surface area contributed by atoms with Crippen LogP contribution in [0.3, 0.4) is 0 Å². The van der Waals surface area contributed by atoms with Crippen molar-refractivity contribution in [1.29, 1.82) is 0 Å². The van der Waals surface area contributed by atoms with Crippen LogP contribution >= 0.6 is 0 Å². The van der Waals surface area contributed by atoms with Gasteiger partial charge in [-0.2, -0.15) is 0 Å². The highest BCUT2D eigenvalue weighted by Gasteiger charge is 2.10. The average molecular weight is 303 g/mol. The minimum Gasteiger partial charge on any atom is -0.375 e. The number of nitrogens with one attached hydrogen (secondary N) is 1. The van der Waals surface area contributed by atoms with E-state index in [1.807, 2.05) is 0 Å². The van der Waals surface area contributed by atoms with Crippen molar-refractivity contribution in [2.24, 2.45) is 0 Å². The van der Waals surface area contributed by atoms with Crippen LogP contribution in [0.25, 0.3) is 0 Å². The van der Waals surface area contributed by atoms with Crippen molar-refractivity contribution >= 4 is 5.91 Å². The lowest BCUT2D eigenvalue weighted by atomic mass is 10.1. The van der Waals surface area contributed by atoms with Gasteiger partial charge in [0.05, 0.1) is 13.2 Å². The van der Waals surface area contributed by atoms with Crippen molar-refractivity contribution in [3.63, 3.8) is 0 Å². The normalized spacial score (nSPS) is 20.5. The van der Waals surface area contributed by atoms with Gasteiger partial charge >= 0.3 is 0 Å². The van der Waals surface area contributed by atoms with E-state index in [0.29, 0.717) is 19.8 Å². The zero-order chi connectivity index (χ0) is 15.5. The summed E-state index contributed by atoms with van der Waals surface area (Å²) in [6, 6.07) is 0. The molecular formula is C18H25NO3. The average Bonchev–Trinajstić information content (AvgIpc) is 2.99. The van der Waals surface area contributed by atoms with Crippen molar-refractivity contribution in [1.82, 2.24) is 5.32 Å². The Bertz CT molecular complexity index is 470. The number of amides is 1. The van der Waals surface area contributed by atoms with Crippen LogP contribution in [0.4, 0.5) is 0 Å². The van der Waals surface area contributed by atoms with Crippen LogP contribution in [0.1, 0.15) is 38.5 Å². The van der Waals surface area contributed by atoms with Crippen LogP contribution in [0.2, 0.25) is 0 Å². The number of carbonyl (C=O) groups excluding carboxylic acids is 1. The number of hydrogen-bond donors (Lipinski definition) is 1. The van der Waals surface area contributed by atoms with Crippen LogP contribution in [-0.4, -0.2) is 38.4 Å². The fourth-order valence-corrected chi connectivity index (χ4v) is 2.40. The van der Waals surface area contributed by atoms with Gasteiger partial charge in [-0.05, 0) is 31.3 Å². The maximum atomic E-state index is 11.7. The van der Waals surface area contributed by atoms with Crippen molar-refractivity contribution in [3.8, 4) is 11.8 Å². The van der Waals surface area contributed by atoms with E-state index >= 15 is 0 Å². The molecule has 0 radical (unpaired) electrons. The van der Waals surface area contributed by atoms with Crippen molar-refractivity contribution in [2.45, 2.75) is 44.6 Å². The molecule has 0 aromatic rings. The van der Waals surface area contributed by atoms with Gasteiger partial charge in [0.1, 0.15) is 12.7 Å². The highest BCUT2D eigenvalue weighted by Crippen LogP contribution is 2.10. The quantitative estimate of drug-likeness (QED) is 0.553. The second kappa shape index (κ2) is 10.2. The zero-order valence-corrected chi connectivity index (χ0v) is 13.1. The Balaban J connectivity index is 1.50. The van der Waals surface area contributed by atoms with Gasteiger partial charge < -0.3 is 14.8 Å². The van der Waals surface area contributed by atoms with Gasteiger partial charge in [0.2, 0.25) is 5.91 Å². The molecule has 0 aromatic carbocycles. The molecule has 2 rings (SSSR count). The molecule has 0 aromatic heterocycles. The summed E-state index contributed by atoms with van der Waals surface area (Å²) in [7, 11) is 0. The molecule has 0 aliphatic heterocycles. The van der Waals surface area contributed by atoms with Crippen LogP contribution in [-0.2, 0) is 14.3 Å². The molecule has 120 valence electrons. The van der Waals surface area contributed by atoms with E-state index in [-0.39, 0.29) is 18.6 Å². The molecule has 1 unspecified atom stereocenters. The fraction of sp³-hybridized carbons (Fsp3) is 0.611. The Morgan fingerprint density at radius 2 is 2.32 bits per heavy atom. The molecule has 0 fully saturated rings. The Morgan fingerprint density at radius 3 is 3.18 bits per heavy atom. The third-order valence-electron chi connectivity index (χ3n) is 3.63. The summed E-state index contributed by atoms with van der Waals surface area (Å²) in [5.74, 6) is 6.10. The minimum absolute atomic E-state index is 0.0766. The van der Waals surface area contributed by atoms with Gasteiger partial charge in [-0.1, -0.05) is 30.6 Å². The third-order valence-corrected chi connectivity index (χ3v) is 3.63. The maximum Gasteiger partial charge on any atom is 0.246 e. The molecule has 2 aliphatic carbocycles. The van der Waals surface area contributed by atoms with Crippen LogP contribution in [0.15, 0.2) is 23.8 Å². The highest BCUT2D eigenvalue weighted by molar-refractivity contribution is 5.77. The molecule has 4 nitrogen and oxygen atoms in total. The van der Waals surface area contributed by atoms with E-state index < -0.39 is 0 Å². The molecule has 0 saturated heterocycles. The Labute approximate surface area is 132 Å². The zero-order valence-electron chi connectivity index (χ0n) is 13.1. The van der Waals surface area contributed by atoms with Crippen molar-refractivity contribution in [2.75, 3.05) is 26.4 Å². The lowest BCUT2D eigenvalue weighted by molar-refractivity contribution is -0.127. The summed E-state index contributed by atoms with van der Waals surface area (Å²) in [4.78, 5) is 11.7. The SMILES string of the molecule is O=C(COC1C#CCCCCC1)NCCOCC1=CCC=C1. The molecule has 1 N–H and O–H groups in total. The molecule has 2 aliphatic rings. The van der Waals surface area contributed by atoms with Crippen LogP contribution in [0.5, 0.6) is 0 Å². The maximum absolute atomic E-state index is 11.7. The first-order valence-corrected chi connectivity index (χ1v) is 8.14. The topological polar surface area (TPSA) is 47.6 Å². The van der Waals surface area contributed by atoms with Gasteiger partial charge in [-0.3, -0.25) is 4.79 Å². The van der Waals surface area contributed by atoms with Gasteiger partial charge in [0.25, 0.3) is 0 Å². The molecule has 4 heteroatoms. The fourth-order valence-electron chi connectivity index (χ4n) is 2.40. The molecule has 0 bridgehead atoms. The first kappa shape index (κ1) is 16.8. The summed E-state index contributed by atoms with van der Waals surface area (Å²) >= 11 is 0. The summed E-state index contributed by atoms with van der Waals surface area (Å²) < 4.78 is 11.1. The predicted molar refractivity (Wildman–Crippen MR) is 86.3 cm³/mol. The van der Waals surface area contributed by atoms with Crippen LogP contribution < -0.4 is 5.32 Å². The summed E-state index contributed by atoms with van der Waals surface area (Å²) in [6.45, 7) is 1.71. The van der Waals surface area contributed by atoms with Crippen molar-refractivity contribution in [3.05, 3.63) is 23.8 Å². The largest absolute Gasteiger partial charge is 0.375 e. The lowest BCUT2D eigenvalue weighted by Crippen LogP contribution is -2.32. The molecule has 0 heterocycles. The smallest absolute Gasteiger partial charge is 0.246 e. The molecule has 22 heavy (non-hydrogen) atoms. The Morgan fingerprint density at radius 1 is 1.36 bits per heavy atom. The summed E-state index contributed by atoms with van der Waals surface area (Å²) in [6.07, 6.45) is 12.6. The van der Waals surface area contributed by atoms with Crippen LogP contribution in [0, 0.1) is 11.8 Å². The first-order chi connectivity index (χ1) is 10.8. The van der Waals surface area contributed by atoms with Gasteiger partial charge in [0, 0.05) is 13.0 Å². The van der Waals surface area contributed by atoms with E-state index in [1.54, 1.807) is 0 Å².